The van der Waals surface area contributed by atoms with E-state index in [0.717, 1.165) is 22.6 Å². The van der Waals surface area contributed by atoms with Gasteiger partial charge in [-0.05, 0) is 68.8 Å². The Morgan fingerprint density at radius 1 is 0.793 bits per heavy atom. The number of nitrogens with one attached hydrogen (secondary N) is 3. The molecule has 0 radical (unpaired) electrons. The average molecular weight is 389 g/mol. The monoisotopic (exact) mass is 389 g/mol. The third kappa shape index (κ3) is 5.38. The highest BCUT2D eigenvalue weighted by Gasteiger charge is 2.09. The molecular formula is C22H23N5O2. The molecule has 0 aliphatic heterocycles. The van der Waals surface area contributed by atoms with E-state index in [-0.39, 0.29) is 11.8 Å². The summed E-state index contributed by atoms with van der Waals surface area (Å²) < 4.78 is 0. The second-order valence-corrected chi connectivity index (χ2v) is 6.84. The topological polar surface area (TPSA) is 96.0 Å². The van der Waals surface area contributed by atoms with Gasteiger partial charge in [-0.1, -0.05) is 6.07 Å². The smallest absolute Gasteiger partial charge is 0.255 e. The Balaban J connectivity index is 1.71. The third-order valence-electron chi connectivity index (χ3n) is 4.19. The van der Waals surface area contributed by atoms with Crippen molar-refractivity contribution in [3.05, 3.63) is 71.0 Å². The molecule has 2 amide bonds. The number of aryl methyl sites for hydroxylation is 3. The Morgan fingerprint density at radius 2 is 1.41 bits per heavy atom. The van der Waals surface area contributed by atoms with Crippen LogP contribution in [0, 0.1) is 20.8 Å². The first-order chi connectivity index (χ1) is 13.8. The minimum absolute atomic E-state index is 0.165. The first-order valence-corrected chi connectivity index (χ1v) is 9.19. The van der Waals surface area contributed by atoms with Crippen molar-refractivity contribution in [2.24, 2.45) is 0 Å². The first kappa shape index (κ1) is 20.0. The van der Waals surface area contributed by atoms with Gasteiger partial charge in [0, 0.05) is 40.9 Å². The number of hydrogen-bond donors (Lipinski definition) is 3. The van der Waals surface area contributed by atoms with Crippen LogP contribution in [0.4, 0.5) is 23.0 Å². The van der Waals surface area contributed by atoms with Crippen LogP contribution in [0.2, 0.25) is 0 Å². The van der Waals surface area contributed by atoms with E-state index < -0.39 is 0 Å². The summed E-state index contributed by atoms with van der Waals surface area (Å²) in [7, 11) is 0. The van der Waals surface area contributed by atoms with E-state index in [1.165, 1.54) is 6.92 Å². The molecule has 7 nitrogen and oxygen atoms in total. The van der Waals surface area contributed by atoms with E-state index in [0.29, 0.717) is 22.9 Å². The van der Waals surface area contributed by atoms with Crippen LogP contribution in [0.15, 0.2) is 48.5 Å². The number of nitrogens with zero attached hydrogens (tertiary/aromatic N) is 2. The van der Waals surface area contributed by atoms with Crippen molar-refractivity contribution in [3.8, 4) is 0 Å². The predicted octanol–water partition coefficient (Wildman–Crippen LogP) is 4.36. The van der Waals surface area contributed by atoms with Crippen LogP contribution in [-0.4, -0.2) is 21.8 Å². The molecule has 1 aromatic heterocycles. The molecule has 0 saturated carbocycles. The van der Waals surface area contributed by atoms with Crippen molar-refractivity contribution >= 4 is 34.8 Å². The van der Waals surface area contributed by atoms with Crippen molar-refractivity contribution in [2.45, 2.75) is 27.7 Å². The summed E-state index contributed by atoms with van der Waals surface area (Å²) in [6.45, 7) is 7.16. The van der Waals surface area contributed by atoms with Crippen LogP contribution in [0.25, 0.3) is 0 Å². The van der Waals surface area contributed by atoms with Gasteiger partial charge < -0.3 is 16.0 Å². The van der Waals surface area contributed by atoms with Gasteiger partial charge in [-0.2, -0.15) is 0 Å². The molecule has 0 fully saturated rings. The molecule has 148 valence electrons. The Hall–Kier alpha value is -3.74. The predicted molar refractivity (Wildman–Crippen MR) is 115 cm³/mol. The second-order valence-electron chi connectivity index (χ2n) is 6.84. The largest absolute Gasteiger partial charge is 0.326 e. The van der Waals surface area contributed by atoms with Gasteiger partial charge in [-0.3, -0.25) is 9.59 Å². The van der Waals surface area contributed by atoms with E-state index in [9.17, 15) is 9.59 Å². The van der Waals surface area contributed by atoms with Crippen LogP contribution in [0.1, 0.15) is 34.2 Å². The number of aromatic nitrogens is 2. The van der Waals surface area contributed by atoms with Crippen LogP contribution in [0.3, 0.4) is 0 Å². The standard InChI is InChI=1S/C22H23N5O2/c1-13-5-8-19(25-16(4)28)12-20(13)27-21(29)17-6-9-18(10-7-17)26-22-23-14(2)11-15(3)24-22/h5-12H,1-4H3,(H,25,28)(H,27,29)(H,23,24,26). The summed E-state index contributed by atoms with van der Waals surface area (Å²) in [6.07, 6.45) is 0. The second kappa shape index (κ2) is 8.52. The van der Waals surface area contributed by atoms with Gasteiger partial charge in [-0.15, -0.1) is 0 Å². The fraction of sp³-hybridized carbons (Fsp3) is 0.182. The number of amides is 2. The van der Waals surface area contributed by atoms with E-state index in [1.54, 1.807) is 36.4 Å². The molecule has 0 unspecified atom stereocenters. The highest BCUT2D eigenvalue weighted by atomic mass is 16.2. The van der Waals surface area contributed by atoms with Gasteiger partial charge in [0.05, 0.1) is 0 Å². The lowest BCUT2D eigenvalue weighted by Crippen LogP contribution is -2.13. The van der Waals surface area contributed by atoms with Gasteiger partial charge in [-0.25, -0.2) is 9.97 Å². The molecule has 0 saturated heterocycles. The van der Waals surface area contributed by atoms with Gasteiger partial charge in [0.1, 0.15) is 0 Å². The van der Waals surface area contributed by atoms with Gasteiger partial charge in [0.25, 0.3) is 5.91 Å². The third-order valence-corrected chi connectivity index (χ3v) is 4.19. The first-order valence-electron chi connectivity index (χ1n) is 9.19. The van der Waals surface area contributed by atoms with Crippen LogP contribution in [0.5, 0.6) is 0 Å². The lowest BCUT2D eigenvalue weighted by atomic mass is 10.1. The zero-order chi connectivity index (χ0) is 21.0. The molecule has 3 aromatic rings. The van der Waals surface area contributed by atoms with Gasteiger partial charge >= 0.3 is 0 Å². The van der Waals surface area contributed by atoms with Gasteiger partial charge in [0.15, 0.2) is 0 Å². The maximum Gasteiger partial charge on any atom is 0.255 e. The zero-order valence-corrected chi connectivity index (χ0v) is 16.8. The maximum atomic E-state index is 12.6. The molecule has 0 aliphatic carbocycles. The number of hydrogen-bond acceptors (Lipinski definition) is 5. The van der Waals surface area contributed by atoms with Gasteiger partial charge in [0.2, 0.25) is 11.9 Å². The summed E-state index contributed by atoms with van der Waals surface area (Å²) in [5.41, 5.74) is 5.24. The summed E-state index contributed by atoms with van der Waals surface area (Å²) in [5, 5.41) is 8.74. The molecule has 0 bridgehead atoms. The van der Waals surface area contributed by atoms with Crippen LogP contribution >= 0.6 is 0 Å². The average Bonchev–Trinajstić information content (AvgIpc) is 2.64. The number of carbonyl (C=O) groups is 2. The molecule has 0 spiro atoms. The molecule has 0 atom stereocenters. The fourth-order valence-corrected chi connectivity index (χ4v) is 2.85. The molecule has 3 rings (SSSR count). The van der Waals surface area contributed by atoms with Crippen molar-refractivity contribution in [2.75, 3.05) is 16.0 Å². The minimum atomic E-state index is -0.234. The lowest BCUT2D eigenvalue weighted by Gasteiger charge is -2.12. The van der Waals surface area contributed by atoms with Crippen LogP contribution < -0.4 is 16.0 Å². The Kier molecular flexibility index (Phi) is 5.87. The fourth-order valence-electron chi connectivity index (χ4n) is 2.85. The lowest BCUT2D eigenvalue weighted by molar-refractivity contribution is -0.114. The molecule has 7 heteroatoms. The Labute approximate surface area is 169 Å². The Morgan fingerprint density at radius 3 is 2.03 bits per heavy atom. The molecule has 1 heterocycles. The van der Waals surface area contributed by atoms with Crippen LogP contribution in [-0.2, 0) is 4.79 Å². The summed E-state index contributed by atoms with van der Waals surface area (Å²) in [6, 6.07) is 14.3. The molecule has 2 aromatic carbocycles. The number of rotatable bonds is 5. The normalized spacial score (nSPS) is 10.3. The Bertz CT molecular complexity index is 1040. The molecule has 0 aliphatic rings. The van der Waals surface area contributed by atoms with Crippen molar-refractivity contribution < 1.29 is 9.59 Å². The van der Waals surface area contributed by atoms with E-state index in [1.807, 2.05) is 32.9 Å². The van der Waals surface area contributed by atoms with Crippen molar-refractivity contribution in [1.29, 1.82) is 0 Å². The summed E-state index contributed by atoms with van der Waals surface area (Å²) in [4.78, 5) is 32.6. The highest BCUT2D eigenvalue weighted by Crippen LogP contribution is 2.22. The molecule has 3 N–H and O–H groups in total. The van der Waals surface area contributed by atoms with E-state index in [2.05, 4.69) is 25.9 Å². The maximum absolute atomic E-state index is 12.6. The van der Waals surface area contributed by atoms with E-state index >= 15 is 0 Å². The highest BCUT2D eigenvalue weighted by molar-refractivity contribution is 6.05. The minimum Gasteiger partial charge on any atom is -0.326 e. The summed E-state index contributed by atoms with van der Waals surface area (Å²) in [5.74, 6) is 0.120. The number of carbonyl (C=O) groups excluding carboxylic acids is 2. The van der Waals surface area contributed by atoms with E-state index in [4.69, 9.17) is 0 Å². The summed E-state index contributed by atoms with van der Waals surface area (Å²) >= 11 is 0. The molecule has 29 heavy (non-hydrogen) atoms. The van der Waals surface area contributed by atoms with Crippen molar-refractivity contribution in [1.82, 2.24) is 9.97 Å². The number of benzene rings is 2. The quantitative estimate of drug-likeness (QED) is 0.603. The van der Waals surface area contributed by atoms with Crippen molar-refractivity contribution in [3.63, 3.8) is 0 Å². The number of anilines is 4. The SMILES string of the molecule is CC(=O)Nc1ccc(C)c(NC(=O)c2ccc(Nc3nc(C)cc(C)n3)cc2)c1. The molecular weight excluding hydrogens is 366 g/mol. The zero-order valence-electron chi connectivity index (χ0n) is 16.8.